The van der Waals surface area contributed by atoms with Crippen LogP contribution in [0.15, 0.2) is 42.5 Å². The van der Waals surface area contributed by atoms with E-state index in [9.17, 15) is 26.4 Å². The van der Waals surface area contributed by atoms with Crippen LogP contribution in [0.3, 0.4) is 0 Å². The molecule has 0 unspecified atom stereocenters. The molecule has 0 saturated carbocycles. The third-order valence-corrected chi connectivity index (χ3v) is 4.68. The number of hydrogen-bond donors (Lipinski definition) is 1. The summed E-state index contributed by atoms with van der Waals surface area (Å²) in [4.78, 5) is 11.9. The predicted molar refractivity (Wildman–Crippen MR) is 91.7 cm³/mol. The number of rotatable bonds is 7. The molecule has 0 aliphatic heterocycles. The molecule has 0 atom stereocenters. The zero-order valence-electron chi connectivity index (χ0n) is 13.9. The van der Waals surface area contributed by atoms with E-state index < -0.39 is 33.4 Å². The van der Waals surface area contributed by atoms with Crippen LogP contribution in [0.2, 0.25) is 0 Å². The van der Waals surface area contributed by atoms with Crippen LogP contribution in [0.5, 0.6) is 0 Å². The lowest BCUT2D eigenvalue weighted by atomic mass is 10.1. The van der Waals surface area contributed by atoms with Crippen molar-refractivity contribution in [1.29, 1.82) is 0 Å². The van der Waals surface area contributed by atoms with E-state index in [1.807, 2.05) is 0 Å². The van der Waals surface area contributed by atoms with Crippen LogP contribution >= 0.6 is 0 Å². The number of carbonyl (C=O) groups is 1. The molecule has 2 aromatic carbocycles. The fourth-order valence-electron chi connectivity index (χ4n) is 2.32. The van der Waals surface area contributed by atoms with Gasteiger partial charge in [-0.05, 0) is 29.8 Å². The maximum absolute atomic E-state index is 13.4. The van der Waals surface area contributed by atoms with Gasteiger partial charge < -0.3 is 5.32 Å². The van der Waals surface area contributed by atoms with E-state index in [2.05, 4.69) is 5.32 Å². The average molecular weight is 386 g/mol. The number of nitrogens with one attached hydrogen (secondary N) is 1. The van der Waals surface area contributed by atoms with Crippen molar-refractivity contribution in [2.45, 2.75) is 6.42 Å². The maximum atomic E-state index is 13.4. The Morgan fingerprint density at radius 2 is 1.81 bits per heavy atom. The average Bonchev–Trinajstić information content (AvgIpc) is 2.53. The summed E-state index contributed by atoms with van der Waals surface area (Å²) in [6, 6.07) is 8.28. The van der Waals surface area contributed by atoms with Crippen LogP contribution < -0.4 is 9.62 Å². The van der Waals surface area contributed by atoms with Crippen molar-refractivity contribution >= 4 is 21.6 Å². The second-order valence-electron chi connectivity index (χ2n) is 5.59. The van der Waals surface area contributed by atoms with Crippen LogP contribution in [0.4, 0.5) is 18.9 Å². The van der Waals surface area contributed by atoms with Crippen molar-refractivity contribution in [1.82, 2.24) is 5.32 Å². The standard InChI is InChI=1S/C17H17F3N2O3S/c1-26(24,25)22(14-5-6-15(19)16(20)11-14)8-7-21-17(23)10-12-3-2-4-13(18)9-12/h2-6,9,11H,7-8,10H2,1H3,(H,21,23). The normalized spacial score (nSPS) is 11.2. The Morgan fingerprint density at radius 1 is 1.08 bits per heavy atom. The molecule has 140 valence electrons. The van der Waals surface area contributed by atoms with Crippen LogP contribution in [0.25, 0.3) is 0 Å². The molecule has 0 aromatic heterocycles. The Balaban J connectivity index is 1.99. The third kappa shape index (κ3) is 5.48. The zero-order chi connectivity index (χ0) is 19.3. The number of hydrogen-bond acceptors (Lipinski definition) is 3. The largest absolute Gasteiger partial charge is 0.354 e. The minimum atomic E-state index is -3.77. The van der Waals surface area contributed by atoms with Crippen molar-refractivity contribution in [3.8, 4) is 0 Å². The highest BCUT2D eigenvalue weighted by Gasteiger charge is 2.19. The first-order valence-electron chi connectivity index (χ1n) is 7.61. The highest BCUT2D eigenvalue weighted by atomic mass is 32.2. The quantitative estimate of drug-likeness (QED) is 0.794. The third-order valence-electron chi connectivity index (χ3n) is 3.48. The van der Waals surface area contributed by atoms with Crippen LogP contribution in [-0.2, 0) is 21.2 Å². The first-order valence-corrected chi connectivity index (χ1v) is 9.45. The van der Waals surface area contributed by atoms with Crippen molar-refractivity contribution in [3.63, 3.8) is 0 Å². The molecule has 0 aliphatic rings. The lowest BCUT2D eigenvalue weighted by molar-refractivity contribution is -0.120. The molecule has 0 spiro atoms. The number of carbonyl (C=O) groups excluding carboxylic acids is 1. The summed E-state index contributed by atoms with van der Waals surface area (Å²) in [5.41, 5.74) is 0.425. The fourth-order valence-corrected chi connectivity index (χ4v) is 3.24. The summed E-state index contributed by atoms with van der Waals surface area (Å²) in [5, 5.41) is 2.51. The molecule has 0 bridgehead atoms. The topological polar surface area (TPSA) is 66.5 Å². The minimum Gasteiger partial charge on any atom is -0.354 e. The van der Waals surface area contributed by atoms with Gasteiger partial charge in [-0.15, -0.1) is 0 Å². The number of halogens is 3. The molecular weight excluding hydrogens is 369 g/mol. The Hall–Kier alpha value is -2.55. The van der Waals surface area contributed by atoms with Gasteiger partial charge in [-0.25, -0.2) is 21.6 Å². The second kappa shape index (κ2) is 8.22. The van der Waals surface area contributed by atoms with Gasteiger partial charge in [0.2, 0.25) is 15.9 Å². The number of sulfonamides is 1. The summed E-state index contributed by atoms with van der Waals surface area (Å²) < 4.78 is 64.1. The molecule has 0 fully saturated rings. The van der Waals surface area contributed by atoms with Gasteiger partial charge >= 0.3 is 0 Å². The molecule has 1 amide bonds. The second-order valence-corrected chi connectivity index (χ2v) is 7.50. The maximum Gasteiger partial charge on any atom is 0.232 e. The van der Waals surface area contributed by atoms with Gasteiger partial charge in [-0.2, -0.15) is 0 Å². The molecule has 2 aromatic rings. The molecule has 0 aliphatic carbocycles. The summed E-state index contributed by atoms with van der Waals surface area (Å²) in [6.45, 7) is -0.223. The van der Waals surface area contributed by atoms with E-state index in [4.69, 9.17) is 0 Å². The minimum absolute atomic E-state index is 0.0502. The van der Waals surface area contributed by atoms with Crippen LogP contribution in [-0.4, -0.2) is 33.7 Å². The summed E-state index contributed by atoms with van der Waals surface area (Å²) >= 11 is 0. The number of benzene rings is 2. The van der Waals surface area contributed by atoms with Crippen molar-refractivity contribution in [2.24, 2.45) is 0 Å². The Kier molecular flexibility index (Phi) is 6.25. The SMILES string of the molecule is CS(=O)(=O)N(CCNC(=O)Cc1cccc(F)c1)c1ccc(F)c(F)c1. The van der Waals surface area contributed by atoms with Gasteiger partial charge in [0, 0.05) is 12.6 Å². The van der Waals surface area contributed by atoms with Gasteiger partial charge in [-0.1, -0.05) is 12.1 Å². The first kappa shape index (κ1) is 19.8. The lowest BCUT2D eigenvalue weighted by Crippen LogP contribution is -2.38. The predicted octanol–water partition coefficient (Wildman–Crippen LogP) is 2.23. The molecule has 0 saturated heterocycles. The van der Waals surface area contributed by atoms with E-state index in [0.29, 0.717) is 5.56 Å². The molecular formula is C17H17F3N2O3S. The van der Waals surface area contributed by atoms with Gasteiger partial charge in [0.15, 0.2) is 11.6 Å². The molecule has 5 nitrogen and oxygen atoms in total. The number of amides is 1. The van der Waals surface area contributed by atoms with E-state index in [0.717, 1.165) is 28.8 Å². The number of nitrogens with zero attached hydrogens (tertiary/aromatic N) is 1. The van der Waals surface area contributed by atoms with E-state index in [1.165, 1.54) is 18.2 Å². The van der Waals surface area contributed by atoms with Gasteiger partial charge in [0.1, 0.15) is 5.82 Å². The van der Waals surface area contributed by atoms with E-state index >= 15 is 0 Å². The summed E-state index contributed by atoms with van der Waals surface area (Å²) in [5.74, 6) is -3.15. The molecule has 0 radical (unpaired) electrons. The number of anilines is 1. The van der Waals surface area contributed by atoms with Gasteiger partial charge in [0.05, 0.1) is 24.9 Å². The summed E-state index contributed by atoms with van der Waals surface area (Å²) in [6.07, 6.45) is 0.852. The van der Waals surface area contributed by atoms with Gasteiger partial charge in [-0.3, -0.25) is 9.10 Å². The first-order chi connectivity index (χ1) is 12.2. The van der Waals surface area contributed by atoms with Crippen LogP contribution in [0, 0.1) is 17.5 Å². The highest BCUT2D eigenvalue weighted by Crippen LogP contribution is 2.20. The molecule has 26 heavy (non-hydrogen) atoms. The fraction of sp³-hybridized carbons (Fsp3) is 0.235. The van der Waals surface area contributed by atoms with Crippen LogP contribution in [0.1, 0.15) is 5.56 Å². The smallest absolute Gasteiger partial charge is 0.232 e. The zero-order valence-corrected chi connectivity index (χ0v) is 14.7. The Morgan fingerprint density at radius 3 is 2.42 bits per heavy atom. The molecule has 0 heterocycles. The van der Waals surface area contributed by atoms with Gasteiger partial charge in [0.25, 0.3) is 0 Å². The monoisotopic (exact) mass is 386 g/mol. The summed E-state index contributed by atoms with van der Waals surface area (Å²) in [7, 11) is -3.77. The van der Waals surface area contributed by atoms with E-state index in [-0.39, 0.29) is 25.2 Å². The van der Waals surface area contributed by atoms with E-state index in [1.54, 1.807) is 6.07 Å². The molecule has 9 heteroatoms. The highest BCUT2D eigenvalue weighted by molar-refractivity contribution is 7.92. The Labute approximate surface area is 149 Å². The molecule has 1 N–H and O–H groups in total. The van der Waals surface area contributed by atoms with Crippen molar-refractivity contribution in [2.75, 3.05) is 23.7 Å². The lowest BCUT2D eigenvalue weighted by Gasteiger charge is -2.22. The van der Waals surface area contributed by atoms with Crippen molar-refractivity contribution in [3.05, 3.63) is 65.5 Å². The van der Waals surface area contributed by atoms with Crippen molar-refractivity contribution < 1.29 is 26.4 Å². The Bertz CT molecular complexity index is 904. The molecule has 2 rings (SSSR count).